The predicted molar refractivity (Wildman–Crippen MR) is 80.3 cm³/mol. The third-order valence-electron chi connectivity index (χ3n) is 3.29. The van der Waals surface area contributed by atoms with Crippen LogP contribution in [-0.2, 0) is 4.79 Å². The largest absolute Gasteiger partial charge is 0.370 e. The number of amides is 1. The quantitative estimate of drug-likeness (QED) is 0.883. The van der Waals surface area contributed by atoms with E-state index in [0.717, 1.165) is 27.0 Å². The second-order valence-corrected chi connectivity index (χ2v) is 5.53. The molecule has 1 heterocycles. The molecule has 0 radical (unpaired) electrons. The van der Waals surface area contributed by atoms with E-state index in [2.05, 4.69) is 26.6 Å². The summed E-state index contributed by atoms with van der Waals surface area (Å²) in [6.07, 6.45) is 0. The zero-order valence-electron chi connectivity index (χ0n) is 10.4. The van der Waals surface area contributed by atoms with Crippen molar-refractivity contribution in [2.75, 3.05) is 10.6 Å². The third kappa shape index (κ3) is 2.24. The molecule has 4 heteroatoms. The van der Waals surface area contributed by atoms with Gasteiger partial charge in [-0.2, -0.15) is 0 Å². The maximum Gasteiger partial charge on any atom is 0.251 e. The number of halogens is 1. The van der Waals surface area contributed by atoms with Gasteiger partial charge in [-0.15, -0.1) is 0 Å². The number of fused-ring (bicyclic) bond motifs is 1. The Morgan fingerprint density at radius 3 is 2.79 bits per heavy atom. The van der Waals surface area contributed by atoms with E-state index in [1.807, 2.05) is 49.4 Å². The Morgan fingerprint density at radius 2 is 2.00 bits per heavy atom. The van der Waals surface area contributed by atoms with Crippen molar-refractivity contribution >= 4 is 33.2 Å². The lowest BCUT2D eigenvalue weighted by molar-refractivity contribution is -0.116. The monoisotopic (exact) mass is 316 g/mol. The second kappa shape index (κ2) is 4.70. The van der Waals surface area contributed by atoms with E-state index in [4.69, 9.17) is 0 Å². The van der Waals surface area contributed by atoms with Crippen molar-refractivity contribution in [3.05, 3.63) is 58.1 Å². The number of hydrogen-bond acceptors (Lipinski definition) is 2. The Kier molecular flexibility index (Phi) is 3.03. The smallest absolute Gasteiger partial charge is 0.251 e. The minimum atomic E-state index is -0.339. The lowest BCUT2D eigenvalue weighted by atomic mass is 10.1. The van der Waals surface area contributed by atoms with Crippen molar-refractivity contribution in [1.82, 2.24) is 0 Å². The normalized spacial score (nSPS) is 16.9. The average molecular weight is 317 g/mol. The predicted octanol–water partition coefficient (Wildman–Crippen LogP) is 3.86. The van der Waals surface area contributed by atoms with Gasteiger partial charge in [-0.25, -0.2) is 0 Å². The van der Waals surface area contributed by atoms with E-state index in [9.17, 15) is 4.79 Å². The summed E-state index contributed by atoms with van der Waals surface area (Å²) >= 11 is 3.45. The summed E-state index contributed by atoms with van der Waals surface area (Å²) in [6.45, 7) is 2.02. The first-order valence-corrected chi connectivity index (χ1v) is 6.87. The maximum absolute atomic E-state index is 12.1. The van der Waals surface area contributed by atoms with E-state index in [1.165, 1.54) is 0 Å². The molecule has 1 unspecified atom stereocenters. The summed E-state index contributed by atoms with van der Waals surface area (Å²) in [5.41, 5.74) is 3.95. The van der Waals surface area contributed by atoms with Gasteiger partial charge in [0.05, 0.1) is 0 Å². The molecule has 1 amide bonds. The molecule has 0 fully saturated rings. The molecule has 2 N–H and O–H groups in total. The van der Waals surface area contributed by atoms with E-state index < -0.39 is 0 Å². The molecule has 2 aromatic carbocycles. The minimum absolute atomic E-state index is 0.0173. The first kappa shape index (κ1) is 12.2. The highest BCUT2D eigenvalue weighted by molar-refractivity contribution is 9.10. The van der Waals surface area contributed by atoms with Gasteiger partial charge in [0.2, 0.25) is 0 Å². The molecule has 0 aromatic heterocycles. The van der Waals surface area contributed by atoms with Crippen LogP contribution in [0.1, 0.15) is 17.2 Å². The molecule has 0 saturated heterocycles. The van der Waals surface area contributed by atoms with Gasteiger partial charge in [-0.05, 0) is 36.8 Å². The zero-order valence-corrected chi connectivity index (χ0v) is 12.0. The SMILES string of the molecule is Cc1ccccc1NC1C(=O)Nc2ccc(Br)cc21. The molecule has 3 rings (SSSR count). The molecule has 0 aliphatic carbocycles. The van der Waals surface area contributed by atoms with Crippen molar-refractivity contribution < 1.29 is 4.79 Å². The molecule has 1 aliphatic rings. The number of para-hydroxylation sites is 1. The standard InChI is InChI=1S/C15H13BrN2O/c1-9-4-2-3-5-12(9)17-14-11-8-10(16)6-7-13(11)18-15(14)19/h2-8,14,17H,1H3,(H,18,19). The van der Waals surface area contributed by atoms with Gasteiger partial charge in [0.1, 0.15) is 6.04 Å². The topological polar surface area (TPSA) is 41.1 Å². The van der Waals surface area contributed by atoms with Gasteiger partial charge in [0.15, 0.2) is 0 Å². The number of nitrogens with one attached hydrogen (secondary N) is 2. The molecule has 0 spiro atoms. The van der Waals surface area contributed by atoms with Gasteiger partial charge < -0.3 is 10.6 Å². The van der Waals surface area contributed by atoms with Crippen LogP contribution < -0.4 is 10.6 Å². The summed E-state index contributed by atoms with van der Waals surface area (Å²) < 4.78 is 0.972. The van der Waals surface area contributed by atoms with Crippen molar-refractivity contribution in [2.45, 2.75) is 13.0 Å². The highest BCUT2D eigenvalue weighted by atomic mass is 79.9. The highest BCUT2D eigenvalue weighted by Crippen LogP contribution is 2.35. The lowest BCUT2D eigenvalue weighted by Gasteiger charge is -2.15. The number of carbonyl (C=O) groups is 1. The van der Waals surface area contributed by atoms with E-state index in [-0.39, 0.29) is 11.9 Å². The number of hydrogen-bond donors (Lipinski definition) is 2. The number of benzene rings is 2. The van der Waals surface area contributed by atoms with Crippen LogP contribution in [0.4, 0.5) is 11.4 Å². The molecule has 1 aliphatic heterocycles. The van der Waals surface area contributed by atoms with Crippen LogP contribution in [0.5, 0.6) is 0 Å². The molecule has 19 heavy (non-hydrogen) atoms. The third-order valence-corrected chi connectivity index (χ3v) is 3.78. The molecule has 2 aromatic rings. The van der Waals surface area contributed by atoms with E-state index in [0.29, 0.717) is 0 Å². The summed E-state index contributed by atoms with van der Waals surface area (Å²) in [5.74, 6) is -0.0173. The van der Waals surface area contributed by atoms with Crippen molar-refractivity contribution in [3.63, 3.8) is 0 Å². The van der Waals surface area contributed by atoms with Gasteiger partial charge in [-0.1, -0.05) is 34.1 Å². The molecule has 3 nitrogen and oxygen atoms in total. The number of aryl methyl sites for hydroxylation is 1. The van der Waals surface area contributed by atoms with Crippen LogP contribution in [0.3, 0.4) is 0 Å². The molecular formula is C15H13BrN2O. The van der Waals surface area contributed by atoms with Crippen LogP contribution in [0.25, 0.3) is 0 Å². The van der Waals surface area contributed by atoms with Gasteiger partial charge in [0.25, 0.3) is 5.91 Å². The zero-order chi connectivity index (χ0) is 13.4. The second-order valence-electron chi connectivity index (χ2n) is 4.61. The van der Waals surface area contributed by atoms with Crippen LogP contribution in [0.2, 0.25) is 0 Å². The fourth-order valence-corrected chi connectivity index (χ4v) is 2.64. The summed E-state index contributed by atoms with van der Waals surface area (Å²) in [4.78, 5) is 12.1. The molecular weight excluding hydrogens is 304 g/mol. The first-order valence-electron chi connectivity index (χ1n) is 6.07. The van der Waals surface area contributed by atoms with Crippen LogP contribution in [0.15, 0.2) is 46.9 Å². The van der Waals surface area contributed by atoms with Crippen LogP contribution >= 0.6 is 15.9 Å². The minimum Gasteiger partial charge on any atom is -0.370 e. The summed E-state index contributed by atoms with van der Waals surface area (Å²) in [6, 6.07) is 13.4. The van der Waals surface area contributed by atoms with Gasteiger partial charge in [-0.3, -0.25) is 4.79 Å². The van der Waals surface area contributed by atoms with Gasteiger partial charge >= 0.3 is 0 Å². The van der Waals surface area contributed by atoms with E-state index in [1.54, 1.807) is 0 Å². The number of anilines is 2. The average Bonchev–Trinajstić information content (AvgIpc) is 2.69. The summed E-state index contributed by atoms with van der Waals surface area (Å²) in [7, 11) is 0. The molecule has 0 saturated carbocycles. The van der Waals surface area contributed by atoms with Crippen molar-refractivity contribution in [1.29, 1.82) is 0 Å². The Bertz CT molecular complexity index is 654. The molecule has 0 bridgehead atoms. The lowest BCUT2D eigenvalue weighted by Crippen LogP contribution is -2.20. The first-order chi connectivity index (χ1) is 9.15. The van der Waals surface area contributed by atoms with Crippen molar-refractivity contribution in [3.8, 4) is 0 Å². The number of rotatable bonds is 2. The van der Waals surface area contributed by atoms with Crippen LogP contribution in [-0.4, -0.2) is 5.91 Å². The highest BCUT2D eigenvalue weighted by Gasteiger charge is 2.30. The molecule has 96 valence electrons. The fraction of sp³-hybridized carbons (Fsp3) is 0.133. The number of carbonyl (C=O) groups excluding carboxylic acids is 1. The maximum atomic E-state index is 12.1. The van der Waals surface area contributed by atoms with E-state index >= 15 is 0 Å². The Balaban J connectivity index is 1.97. The van der Waals surface area contributed by atoms with Gasteiger partial charge in [0, 0.05) is 21.4 Å². The van der Waals surface area contributed by atoms with Crippen molar-refractivity contribution in [2.24, 2.45) is 0 Å². The molecule has 1 atom stereocenters. The Morgan fingerprint density at radius 1 is 1.21 bits per heavy atom. The fourth-order valence-electron chi connectivity index (χ4n) is 2.27. The van der Waals surface area contributed by atoms with Crippen LogP contribution in [0, 0.1) is 6.92 Å². The Hall–Kier alpha value is -1.81. The summed E-state index contributed by atoms with van der Waals surface area (Å²) in [5, 5.41) is 6.20. The Labute approximate surface area is 120 Å².